The number of anilines is 1. The molecule has 0 saturated carbocycles. The summed E-state index contributed by atoms with van der Waals surface area (Å²) in [5.74, 6) is 0.838. The van der Waals surface area contributed by atoms with E-state index in [1.54, 1.807) is 30.3 Å². The zero-order chi connectivity index (χ0) is 23.7. The van der Waals surface area contributed by atoms with Crippen LogP contribution >= 0.6 is 35.4 Å². The summed E-state index contributed by atoms with van der Waals surface area (Å²) in [6.45, 7) is 0. The van der Waals surface area contributed by atoms with Gasteiger partial charge in [0.15, 0.2) is 10.9 Å². The van der Waals surface area contributed by atoms with Crippen LogP contribution < -0.4 is 10.6 Å². The van der Waals surface area contributed by atoms with Crippen LogP contribution in [0.4, 0.5) is 5.69 Å². The van der Waals surface area contributed by atoms with E-state index in [0.717, 1.165) is 22.2 Å². The molecule has 5 rings (SSSR count). The molecule has 0 atom stereocenters. The highest BCUT2D eigenvalue weighted by Crippen LogP contribution is 2.29. The van der Waals surface area contributed by atoms with Crippen LogP contribution in [0.2, 0.25) is 10.0 Å². The molecule has 3 aromatic carbocycles. The lowest BCUT2D eigenvalue weighted by molar-refractivity contribution is 0.0951. The maximum atomic E-state index is 12.6. The third kappa shape index (κ3) is 4.68. The Labute approximate surface area is 209 Å². The molecule has 5 aromatic rings. The molecule has 0 aliphatic carbocycles. The number of benzene rings is 3. The summed E-state index contributed by atoms with van der Waals surface area (Å²) in [4.78, 5) is 20.5. The SMILES string of the molecule is O=C(NC(=S)Nc1cc(-c2nc3ccccc3[nH]2)ccc1Cl)c1ccc(-c2cccc(Cl)c2)o1. The predicted molar refractivity (Wildman–Crippen MR) is 139 cm³/mol. The molecular formula is C25H16Cl2N4O2S. The van der Waals surface area contributed by atoms with Gasteiger partial charge in [-0.05, 0) is 66.8 Å². The molecule has 0 fully saturated rings. The zero-order valence-corrected chi connectivity index (χ0v) is 19.8. The summed E-state index contributed by atoms with van der Waals surface area (Å²) in [5.41, 5.74) is 3.90. The lowest BCUT2D eigenvalue weighted by Gasteiger charge is -2.11. The fourth-order valence-corrected chi connectivity index (χ4v) is 3.99. The Morgan fingerprint density at radius 3 is 2.62 bits per heavy atom. The van der Waals surface area contributed by atoms with Crippen molar-refractivity contribution in [3.05, 3.63) is 94.7 Å². The topological polar surface area (TPSA) is 83.0 Å². The summed E-state index contributed by atoms with van der Waals surface area (Å²) >= 11 is 17.7. The molecule has 2 heterocycles. The predicted octanol–water partition coefficient (Wildman–Crippen LogP) is 6.92. The first-order valence-corrected chi connectivity index (χ1v) is 11.4. The van der Waals surface area contributed by atoms with Crippen molar-refractivity contribution in [1.29, 1.82) is 0 Å². The largest absolute Gasteiger partial charge is 0.451 e. The van der Waals surface area contributed by atoms with E-state index in [0.29, 0.717) is 27.3 Å². The number of imidazole rings is 1. The van der Waals surface area contributed by atoms with Crippen LogP contribution in [0, 0.1) is 0 Å². The maximum Gasteiger partial charge on any atom is 0.293 e. The summed E-state index contributed by atoms with van der Waals surface area (Å²) < 4.78 is 5.67. The summed E-state index contributed by atoms with van der Waals surface area (Å²) in [7, 11) is 0. The molecule has 9 heteroatoms. The van der Waals surface area contributed by atoms with E-state index in [9.17, 15) is 4.79 Å². The summed E-state index contributed by atoms with van der Waals surface area (Å²) in [6, 6.07) is 23.6. The minimum Gasteiger partial charge on any atom is -0.451 e. The quantitative estimate of drug-likeness (QED) is 0.230. The number of halogens is 2. The van der Waals surface area contributed by atoms with E-state index in [2.05, 4.69) is 20.6 Å². The van der Waals surface area contributed by atoms with Gasteiger partial charge in [0.2, 0.25) is 0 Å². The summed E-state index contributed by atoms with van der Waals surface area (Å²) in [6.07, 6.45) is 0. The van der Waals surface area contributed by atoms with Crippen molar-refractivity contribution in [2.75, 3.05) is 5.32 Å². The summed E-state index contributed by atoms with van der Waals surface area (Å²) in [5, 5.41) is 6.67. The molecule has 0 aliphatic rings. The number of furan rings is 1. The number of hydrogen-bond acceptors (Lipinski definition) is 4. The second kappa shape index (κ2) is 9.30. The van der Waals surface area contributed by atoms with Crippen molar-refractivity contribution in [2.24, 2.45) is 0 Å². The van der Waals surface area contributed by atoms with Crippen LogP contribution in [0.3, 0.4) is 0 Å². The van der Waals surface area contributed by atoms with Gasteiger partial charge in [-0.15, -0.1) is 0 Å². The number of carbonyl (C=O) groups excluding carboxylic acids is 1. The average Bonchev–Trinajstić information content (AvgIpc) is 3.48. The number of nitrogens with zero attached hydrogens (tertiary/aromatic N) is 1. The first kappa shape index (κ1) is 22.2. The van der Waals surface area contributed by atoms with Crippen LogP contribution in [-0.4, -0.2) is 21.0 Å². The molecule has 6 nitrogen and oxygen atoms in total. The number of para-hydroxylation sites is 2. The monoisotopic (exact) mass is 506 g/mol. The molecule has 0 saturated heterocycles. The van der Waals surface area contributed by atoms with Gasteiger partial charge >= 0.3 is 0 Å². The first-order valence-electron chi connectivity index (χ1n) is 10.2. The third-order valence-corrected chi connectivity index (χ3v) is 5.81. The van der Waals surface area contributed by atoms with Crippen molar-refractivity contribution in [3.8, 4) is 22.7 Å². The van der Waals surface area contributed by atoms with E-state index >= 15 is 0 Å². The van der Waals surface area contributed by atoms with Gasteiger partial charge in [-0.3, -0.25) is 10.1 Å². The highest BCUT2D eigenvalue weighted by molar-refractivity contribution is 7.80. The normalized spacial score (nSPS) is 10.9. The number of thiocarbonyl (C=S) groups is 1. The highest BCUT2D eigenvalue weighted by atomic mass is 35.5. The van der Waals surface area contributed by atoms with Crippen molar-refractivity contribution < 1.29 is 9.21 Å². The fraction of sp³-hybridized carbons (Fsp3) is 0. The van der Waals surface area contributed by atoms with E-state index in [1.807, 2.05) is 48.5 Å². The smallest absolute Gasteiger partial charge is 0.293 e. The van der Waals surface area contributed by atoms with Crippen molar-refractivity contribution >= 4 is 63.2 Å². The number of nitrogens with one attached hydrogen (secondary N) is 3. The molecule has 1 amide bonds. The number of carbonyl (C=O) groups is 1. The molecule has 0 aliphatic heterocycles. The lowest BCUT2D eigenvalue weighted by Crippen LogP contribution is -2.34. The van der Waals surface area contributed by atoms with Gasteiger partial charge in [-0.2, -0.15) is 0 Å². The molecule has 3 N–H and O–H groups in total. The molecule has 0 radical (unpaired) electrons. The van der Waals surface area contributed by atoms with Crippen LogP contribution in [0.5, 0.6) is 0 Å². The zero-order valence-electron chi connectivity index (χ0n) is 17.4. The first-order chi connectivity index (χ1) is 16.5. The number of hydrogen-bond donors (Lipinski definition) is 3. The molecule has 0 spiro atoms. The fourth-order valence-electron chi connectivity index (χ4n) is 3.43. The van der Waals surface area contributed by atoms with Crippen molar-refractivity contribution in [1.82, 2.24) is 15.3 Å². The van der Waals surface area contributed by atoms with Gasteiger partial charge in [0.25, 0.3) is 5.91 Å². The second-order valence-corrected chi connectivity index (χ2v) is 8.63. The Hall–Kier alpha value is -3.65. The second-order valence-electron chi connectivity index (χ2n) is 7.38. The van der Waals surface area contributed by atoms with Gasteiger partial charge in [0.1, 0.15) is 11.6 Å². The molecule has 2 aromatic heterocycles. The standard InChI is InChI=1S/C25H16Cl2N4O2S/c26-16-5-3-4-14(12-16)21-10-11-22(33-21)24(32)31-25(34)30-20-13-15(8-9-17(20)27)23-28-18-6-1-2-7-19(18)29-23/h1-13H,(H,28,29)(H2,30,31,32,34). The Morgan fingerprint density at radius 1 is 0.941 bits per heavy atom. The van der Waals surface area contributed by atoms with Crippen LogP contribution in [0.1, 0.15) is 10.6 Å². The minimum absolute atomic E-state index is 0.0781. The van der Waals surface area contributed by atoms with E-state index in [-0.39, 0.29) is 10.9 Å². The average molecular weight is 507 g/mol. The number of aromatic amines is 1. The molecular weight excluding hydrogens is 491 g/mol. The Kier molecular flexibility index (Phi) is 6.06. The van der Waals surface area contributed by atoms with Gasteiger partial charge in [0, 0.05) is 16.1 Å². The van der Waals surface area contributed by atoms with Crippen LogP contribution in [-0.2, 0) is 0 Å². The number of amides is 1. The molecule has 0 unspecified atom stereocenters. The molecule has 168 valence electrons. The van der Waals surface area contributed by atoms with Crippen molar-refractivity contribution in [2.45, 2.75) is 0 Å². The van der Waals surface area contributed by atoms with E-state index < -0.39 is 5.91 Å². The van der Waals surface area contributed by atoms with E-state index in [4.69, 9.17) is 39.8 Å². The van der Waals surface area contributed by atoms with Crippen molar-refractivity contribution in [3.63, 3.8) is 0 Å². The van der Waals surface area contributed by atoms with E-state index in [1.165, 1.54) is 0 Å². The van der Waals surface area contributed by atoms with Gasteiger partial charge in [0.05, 0.1) is 21.7 Å². The van der Waals surface area contributed by atoms with Gasteiger partial charge in [-0.25, -0.2) is 4.98 Å². The van der Waals surface area contributed by atoms with Gasteiger partial charge < -0.3 is 14.7 Å². The molecule has 0 bridgehead atoms. The van der Waals surface area contributed by atoms with Gasteiger partial charge in [-0.1, -0.05) is 47.5 Å². The Bertz CT molecular complexity index is 1510. The van der Waals surface area contributed by atoms with Crippen LogP contribution in [0.15, 0.2) is 83.3 Å². The number of aromatic nitrogens is 2. The number of rotatable bonds is 4. The third-order valence-electron chi connectivity index (χ3n) is 5.04. The Morgan fingerprint density at radius 2 is 1.79 bits per heavy atom. The van der Waals surface area contributed by atoms with Crippen LogP contribution in [0.25, 0.3) is 33.7 Å². The number of H-pyrrole nitrogens is 1. The molecule has 34 heavy (non-hydrogen) atoms. The maximum absolute atomic E-state index is 12.6. The Balaban J connectivity index is 1.30. The minimum atomic E-state index is -0.490. The highest BCUT2D eigenvalue weighted by Gasteiger charge is 2.15. The lowest BCUT2D eigenvalue weighted by atomic mass is 10.2. The number of fused-ring (bicyclic) bond motifs is 1.